The summed E-state index contributed by atoms with van der Waals surface area (Å²) >= 11 is 0. The number of rotatable bonds is 3. The van der Waals surface area contributed by atoms with E-state index in [1.165, 1.54) is 28.8 Å². The van der Waals surface area contributed by atoms with Crippen LogP contribution in [0.4, 0.5) is 8.78 Å². The lowest BCUT2D eigenvalue weighted by atomic mass is 10.00. The number of fused-ring (bicyclic) bond motifs is 1. The van der Waals surface area contributed by atoms with Gasteiger partial charge in [-0.1, -0.05) is 12.1 Å². The topological polar surface area (TPSA) is 79.5 Å². The number of phenols is 1. The number of hydrogen-bond donors (Lipinski definition) is 2. The number of pyridine rings is 1. The second-order valence-electron chi connectivity index (χ2n) is 6.31. The van der Waals surface area contributed by atoms with Crippen molar-refractivity contribution in [3.63, 3.8) is 0 Å². The first kappa shape index (κ1) is 16.3. The van der Waals surface area contributed by atoms with Crippen LogP contribution in [0.5, 0.6) is 5.75 Å². The molecule has 7 heteroatoms. The van der Waals surface area contributed by atoms with Crippen LogP contribution in [0.15, 0.2) is 41.3 Å². The summed E-state index contributed by atoms with van der Waals surface area (Å²) in [6.45, 7) is 0. The molecule has 0 aliphatic heterocycles. The highest BCUT2D eigenvalue weighted by Crippen LogP contribution is 2.40. The highest BCUT2D eigenvalue weighted by Gasteiger charge is 2.30. The Morgan fingerprint density at radius 2 is 1.92 bits per heavy atom. The average molecular weight is 357 g/mol. The standard InChI is InChI=1S/C19H13F2NO4/c20-14-7-12-17(16(21)15(14)9-2-1-3-11(23)6-9)22(10-4-5-10)8-13(18(12)24)19(25)26/h1-3,6-8,10,23H,4-5H2,(H,25,26). The summed E-state index contributed by atoms with van der Waals surface area (Å²) in [5.41, 5.74) is -1.82. The van der Waals surface area contributed by atoms with Gasteiger partial charge in [-0.3, -0.25) is 4.79 Å². The largest absolute Gasteiger partial charge is 0.508 e. The van der Waals surface area contributed by atoms with Gasteiger partial charge >= 0.3 is 5.97 Å². The zero-order valence-electron chi connectivity index (χ0n) is 13.4. The minimum absolute atomic E-state index is 0.123. The lowest BCUT2D eigenvalue weighted by Crippen LogP contribution is -2.20. The molecule has 1 saturated carbocycles. The number of carboxylic acid groups (broad SMARTS) is 1. The molecule has 26 heavy (non-hydrogen) atoms. The van der Waals surface area contributed by atoms with Gasteiger partial charge in [0.15, 0.2) is 5.82 Å². The Morgan fingerprint density at radius 3 is 2.54 bits per heavy atom. The van der Waals surface area contributed by atoms with E-state index in [2.05, 4.69) is 0 Å². The van der Waals surface area contributed by atoms with E-state index in [0.717, 1.165) is 25.1 Å². The van der Waals surface area contributed by atoms with Crippen molar-refractivity contribution in [3.05, 3.63) is 63.9 Å². The van der Waals surface area contributed by atoms with Crippen LogP contribution >= 0.6 is 0 Å². The van der Waals surface area contributed by atoms with E-state index in [0.29, 0.717) is 0 Å². The van der Waals surface area contributed by atoms with Crippen LogP contribution in [0.1, 0.15) is 29.2 Å². The lowest BCUT2D eigenvalue weighted by Gasteiger charge is -2.15. The third-order valence-electron chi connectivity index (χ3n) is 4.51. The van der Waals surface area contributed by atoms with Crippen molar-refractivity contribution in [1.82, 2.24) is 4.57 Å². The van der Waals surface area contributed by atoms with Crippen LogP contribution in [0.2, 0.25) is 0 Å². The fourth-order valence-electron chi connectivity index (χ4n) is 3.16. The Bertz CT molecular complexity index is 1130. The molecule has 1 aliphatic rings. The van der Waals surface area contributed by atoms with E-state index < -0.39 is 28.6 Å². The maximum absolute atomic E-state index is 15.3. The molecule has 0 saturated heterocycles. The van der Waals surface area contributed by atoms with Gasteiger partial charge in [0, 0.05) is 12.2 Å². The molecule has 2 aromatic carbocycles. The van der Waals surface area contributed by atoms with Gasteiger partial charge < -0.3 is 14.8 Å². The molecule has 1 aromatic heterocycles. The third-order valence-corrected chi connectivity index (χ3v) is 4.51. The van der Waals surface area contributed by atoms with E-state index in [1.54, 1.807) is 0 Å². The summed E-state index contributed by atoms with van der Waals surface area (Å²) in [7, 11) is 0. The summed E-state index contributed by atoms with van der Waals surface area (Å²) in [4.78, 5) is 23.7. The van der Waals surface area contributed by atoms with E-state index in [1.807, 2.05) is 0 Å². The first-order valence-corrected chi connectivity index (χ1v) is 7.98. The van der Waals surface area contributed by atoms with Crippen molar-refractivity contribution in [2.24, 2.45) is 0 Å². The Kier molecular flexibility index (Phi) is 3.54. The maximum Gasteiger partial charge on any atom is 0.341 e. The Morgan fingerprint density at radius 1 is 1.19 bits per heavy atom. The summed E-state index contributed by atoms with van der Waals surface area (Å²) < 4.78 is 31.3. The van der Waals surface area contributed by atoms with Crippen molar-refractivity contribution in [2.45, 2.75) is 18.9 Å². The molecule has 0 atom stereocenters. The van der Waals surface area contributed by atoms with Crippen LogP contribution in [-0.4, -0.2) is 20.7 Å². The maximum atomic E-state index is 15.3. The molecule has 0 bridgehead atoms. The second-order valence-corrected chi connectivity index (χ2v) is 6.31. The summed E-state index contributed by atoms with van der Waals surface area (Å²) in [6.07, 6.45) is 2.56. The van der Waals surface area contributed by atoms with Crippen LogP contribution < -0.4 is 5.43 Å². The lowest BCUT2D eigenvalue weighted by molar-refractivity contribution is 0.0694. The minimum Gasteiger partial charge on any atom is -0.508 e. The molecule has 1 fully saturated rings. The van der Waals surface area contributed by atoms with Crippen molar-refractivity contribution >= 4 is 16.9 Å². The number of hydrogen-bond acceptors (Lipinski definition) is 3. The molecule has 0 amide bonds. The minimum atomic E-state index is -1.44. The van der Waals surface area contributed by atoms with Gasteiger partial charge in [-0.25, -0.2) is 13.6 Å². The van der Waals surface area contributed by atoms with Crippen molar-refractivity contribution in [2.75, 3.05) is 0 Å². The molecule has 2 N–H and O–H groups in total. The van der Waals surface area contributed by atoms with Crippen LogP contribution in [-0.2, 0) is 0 Å². The van der Waals surface area contributed by atoms with Gasteiger partial charge in [-0.2, -0.15) is 0 Å². The Balaban J connectivity index is 2.13. The van der Waals surface area contributed by atoms with E-state index in [9.17, 15) is 24.2 Å². The molecule has 132 valence electrons. The molecule has 0 radical (unpaired) electrons. The smallest absolute Gasteiger partial charge is 0.341 e. The monoisotopic (exact) mass is 357 g/mol. The molecule has 1 heterocycles. The molecule has 1 aliphatic carbocycles. The molecule has 5 nitrogen and oxygen atoms in total. The summed E-state index contributed by atoms with van der Waals surface area (Å²) in [5, 5.41) is 18.5. The van der Waals surface area contributed by atoms with Crippen LogP contribution in [0, 0.1) is 11.6 Å². The quantitative estimate of drug-likeness (QED) is 0.749. The number of aromatic nitrogens is 1. The number of carboxylic acids is 1. The number of carbonyl (C=O) groups is 1. The van der Waals surface area contributed by atoms with Gasteiger partial charge in [0.2, 0.25) is 5.43 Å². The van der Waals surface area contributed by atoms with Crippen LogP contribution in [0.25, 0.3) is 22.0 Å². The number of aromatic hydroxyl groups is 1. The molecule has 3 aromatic rings. The van der Waals surface area contributed by atoms with Gasteiger partial charge in [0.1, 0.15) is 17.1 Å². The van der Waals surface area contributed by atoms with E-state index in [-0.39, 0.29) is 33.8 Å². The SMILES string of the molecule is O=C(O)c1cn(C2CC2)c2c(F)c(-c3cccc(O)c3)c(F)cc2c1=O. The number of nitrogens with zero attached hydrogens (tertiary/aromatic N) is 1. The first-order valence-electron chi connectivity index (χ1n) is 7.98. The van der Waals surface area contributed by atoms with E-state index in [4.69, 9.17) is 0 Å². The Hall–Kier alpha value is -3.22. The normalized spacial score (nSPS) is 13.9. The predicted molar refractivity (Wildman–Crippen MR) is 90.5 cm³/mol. The van der Waals surface area contributed by atoms with Crippen molar-refractivity contribution in [3.8, 4) is 16.9 Å². The van der Waals surface area contributed by atoms with Crippen LogP contribution in [0.3, 0.4) is 0 Å². The number of halogens is 2. The predicted octanol–water partition coefficient (Wildman–Crippen LogP) is 3.69. The van der Waals surface area contributed by atoms with E-state index >= 15 is 4.39 Å². The number of aromatic carboxylic acids is 1. The zero-order valence-corrected chi connectivity index (χ0v) is 13.4. The summed E-state index contributed by atoms with van der Waals surface area (Å²) in [5.74, 6) is -3.54. The highest BCUT2D eigenvalue weighted by molar-refractivity contribution is 5.94. The Labute approximate surface area is 145 Å². The fourth-order valence-corrected chi connectivity index (χ4v) is 3.16. The summed E-state index contributed by atoms with van der Waals surface area (Å²) in [6, 6.07) is 6.23. The zero-order chi connectivity index (χ0) is 18.6. The van der Waals surface area contributed by atoms with Gasteiger partial charge in [-0.05, 0) is 36.6 Å². The van der Waals surface area contributed by atoms with Gasteiger partial charge in [0.25, 0.3) is 0 Å². The van der Waals surface area contributed by atoms with Crippen molar-refractivity contribution in [1.29, 1.82) is 0 Å². The number of phenolic OH excluding ortho intramolecular Hbond substituents is 1. The number of benzene rings is 2. The average Bonchev–Trinajstić information content (AvgIpc) is 3.40. The molecule has 0 unspecified atom stereocenters. The third kappa shape index (κ3) is 2.44. The molecular formula is C19H13F2NO4. The van der Waals surface area contributed by atoms with Crippen molar-refractivity contribution < 1.29 is 23.8 Å². The molecule has 0 spiro atoms. The fraction of sp³-hybridized carbons (Fsp3) is 0.158. The molecule has 4 rings (SSSR count). The second kappa shape index (κ2) is 5.66. The van der Waals surface area contributed by atoms with Gasteiger partial charge in [-0.15, -0.1) is 0 Å². The van der Waals surface area contributed by atoms with Gasteiger partial charge in [0.05, 0.1) is 16.5 Å². The highest BCUT2D eigenvalue weighted by atomic mass is 19.1. The molecular weight excluding hydrogens is 344 g/mol. The first-order chi connectivity index (χ1) is 12.4.